The molecule has 2 aromatic rings. The SMILES string of the molecule is FC(F)(F)c1cccc(Cc2nc([C@@H]3CCCN3)cs2)c1. The van der Waals surface area contributed by atoms with Gasteiger partial charge in [0.05, 0.1) is 22.3 Å². The first-order valence-electron chi connectivity index (χ1n) is 6.86. The molecule has 2 nitrogen and oxygen atoms in total. The van der Waals surface area contributed by atoms with Crippen molar-refractivity contribution in [2.45, 2.75) is 31.5 Å². The molecule has 0 radical (unpaired) electrons. The Morgan fingerprint density at radius 3 is 2.90 bits per heavy atom. The molecule has 0 bridgehead atoms. The molecule has 6 heteroatoms. The molecule has 0 spiro atoms. The van der Waals surface area contributed by atoms with E-state index in [1.807, 2.05) is 5.38 Å². The van der Waals surface area contributed by atoms with Crippen LogP contribution in [0.1, 0.15) is 40.7 Å². The Morgan fingerprint density at radius 2 is 2.19 bits per heavy atom. The average molecular weight is 312 g/mol. The minimum Gasteiger partial charge on any atom is -0.309 e. The van der Waals surface area contributed by atoms with Crippen LogP contribution >= 0.6 is 11.3 Å². The summed E-state index contributed by atoms with van der Waals surface area (Å²) >= 11 is 1.51. The first-order chi connectivity index (χ1) is 10.0. The van der Waals surface area contributed by atoms with Gasteiger partial charge in [0.1, 0.15) is 0 Å². The zero-order chi connectivity index (χ0) is 14.9. The van der Waals surface area contributed by atoms with Crippen LogP contribution in [0.3, 0.4) is 0 Å². The van der Waals surface area contributed by atoms with Gasteiger partial charge in [0, 0.05) is 11.8 Å². The molecule has 112 valence electrons. The van der Waals surface area contributed by atoms with Crippen LogP contribution in [-0.2, 0) is 12.6 Å². The van der Waals surface area contributed by atoms with Crippen molar-refractivity contribution < 1.29 is 13.2 Å². The van der Waals surface area contributed by atoms with Gasteiger partial charge in [0.2, 0.25) is 0 Å². The van der Waals surface area contributed by atoms with Gasteiger partial charge >= 0.3 is 6.18 Å². The molecule has 1 aromatic heterocycles. The van der Waals surface area contributed by atoms with E-state index >= 15 is 0 Å². The third-order valence-corrected chi connectivity index (χ3v) is 4.46. The van der Waals surface area contributed by atoms with Crippen LogP contribution in [0, 0.1) is 0 Å². The summed E-state index contributed by atoms with van der Waals surface area (Å²) in [6, 6.07) is 5.76. The number of benzene rings is 1. The van der Waals surface area contributed by atoms with Crippen molar-refractivity contribution in [2.24, 2.45) is 0 Å². The number of nitrogens with zero attached hydrogens (tertiary/aromatic N) is 1. The Kier molecular flexibility index (Phi) is 3.99. The van der Waals surface area contributed by atoms with Crippen LogP contribution < -0.4 is 5.32 Å². The highest BCUT2D eigenvalue weighted by atomic mass is 32.1. The first kappa shape index (κ1) is 14.5. The highest BCUT2D eigenvalue weighted by Crippen LogP contribution is 2.30. The quantitative estimate of drug-likeness (QED) is 0.920. The van der Waals surface area contributed by atoms with E-state index in [0.717, 1.165) is 36.2 Å². The molecule has 21 heavy (non-hydrogen) atoms. The normalized spacial score (nSPS) is 19.1. The lowest BCUT2D eigenvalue weighted by Crippen LogP contribution is -2.13. The van der Waals surface area contributed by atoms with Crippen LogP contribution in [0.5, 0.6) is 0 Å². The van der Waals surface area contributed by atoms with Gasteiger partial charge in [-0.1, -0.05) is 18.2 Å². The predicted octanol–water partition coefficient (Wildman–Crippen LogP) is 4.18. The molecule has 3 rings (SSSR count). The lowest BCUT2D eigenvalue weighted by Gasteiger charge is -2.08. The lowest BCUT2D eigenvalue weighted by atomic mass is 10.1. The number of halogens is 3. The summed E-state index contributed by atoms with van der Waals surface area (Å²) in [6.07, 6.45) is -1.63. The molecule has 1 N–H and O–H groups in total. The molecule has 1 fully saturated rings. The second kappa shape index (κ2) is 5.77. The van der Waals surface area contributed by atoms with Gasteiger partial charge in [-0.3, -0.25) is 0 Å². The fraction of sp³-hybridized carbons (Fsp3) is 0.400. The number of aromatic nitrogens is 1. The third-order valence-electron chi connectivity index (χ3n) is 3.60. The predicted molar refractivity (Wildman–Crippen MR) is 76.3 cm³/mol. The maximum absolute atomic E-state index is 12.7. The molecule has 1 atom stereocenters. The zero-order valence-electron chi connectivity index (χ0n) is 11.3. The Balaban J connectivity index is 1.74. The molecule has 1 aromatic carbocycles. The highest BCUT2D eigenvalue weighted by Gasteiger charge is 2.30. The molecule has 0 unspecified atom stereocenters. The van der Waals surface area contributed by atoms with E-state index in [4.69, 9.17) is 0 Å². The van der Waals surface area contributed by atoms with Crippen molar-refractivity contribution in [2.75, 3.05) is 6.54 Å². The molecule has 0 amide bonds. The summed E-state index contributed by atoms with van der Waals surface area (Å²) in [6.45, 7) is 1.01. The minimum absolute atomic E-state index is 0.302. The number of hydrogen-bond acceptors (Lipinski definition) is 3. The van der Waals surface area contributed by atoms with E-state index in [9.17, 15) is 13.2 Å². The summed E-state index contributed by atoms with van der Waals surface area (Å²) in [4.78, 5) is 4.55. The van der Waals surface area contributed by atoms with Crippen molar-refractivity contribution in [3.63, 3.8) is 0 Å². The Bertz CT molecular complexity index is 615. The largest absolute Gasteiger partial charge is 0.416 e. The van der Waals surface area contributed by atoms with Crippen LogP contribution in [0.4, 0.5) is 13.2 Å². The summed E-state index contributed by atoms with van der Waals surface area (Å²) in [7, 11) is 0. The molecule has 1 saturated heterocycles. The highest BCUT2D eigenvalue weighted by molar-refractivity contribution is 7.09. The van der Waals surface area contributed by atoms with E-state index in [-0.39, 0.29) is 0 Å². The van der Waals surface area contributed by atoms with Crippen molar-refractivity contribution in [3.05, 3.63) is 51.5 Å². The standard InChI is InChI=1S/C15H15F3N2S/c16-15(17,18)11-4-1-3-10(7-11)8-14-20-13(9-21-14)12-5-2-6-19-12/h1,3-4,7,9,12,19H,2,5-6,8H2/t12-/m0/s1. The van der Waals surface area contributed by atoms with Gasteiger partial charge < -0.3 is 5.32 Å². The van der Waals surface area contributed by atoms with Crippen molar-refractivity contribution in [3.8, 4) is 0 Å². The maximum Gasteiger partial charge on any atom is 0.416 e. The lowest BCUT2D eigenvalue weighted by molar-refractivity contribution is -0.137. The van der Waals surface area contributed by atoms with Gasteiger partial charge in [-0.25, -0.2) is 4.98 Å². The van der Waals surface area contributed by atoms with Crippen molar-refractivity contribution >= 4 is 11.3 Å². The van der Waals surface area contributed by atoms with Gasteiger partial charge in [-0.05, 0) is 31.0 Å². The number of rotatable bonds is 3. The number of alkyl halides is 3. The van der Waals surface area contributed by atoms with E-state index in [2.05, 4.69) is 10.3 Å². The summed E-state index contributed by atoms with van der Waals surface area (Å²) in [5.74, 6) is 0. The second-order valence-corrected chi connectivity index (χ2v) is 6.13. The van der Waals surface area contributed by atoms with E-state index in [1.165, 1.54) is 23.5 Å². The number of nitrogens with one attached hydrogen (secondary N) is 1. The van der Waals surface area contributed by atoms with Gasteiger partial charge in [0.25, 0.3) is 0 Å². The molecule has 1 aliphatic rings. The number of hydrogen-bond donors (Lipinski definition) is 1. The number of thiazole rings is 1. The topological polar surface area (TPSA) is 24.9 Å². The summed E-state index contributed by atoms with van der Waals surface area (Å²) < 4.78 is 38.1. The molecule has 2 heterocycles. The minimum atomic E-state index is -4.29. The Morgan fingerprint density at radius 1 is 1.33 bits per heavy atom. The fourth-order valence-electron chi connectivity index (χ4n) is 2.54. The fourth-order valence-corrected chi connectivity index (χ4v) is 3.42. The average Bonchev–Trinajstić information content (AvgIpc) is 3.08. The second-order valence-electron chi connectivity index (χ2n) is 5.19. The summed E-state index contributed by atoms with van der Waals surface area (Å²) in [5, 5.41) is 6.24. The Hall–Kier alpha value is -1.40. The molecule has 1 aliphatic heterocycles. The van der Waals surface area contributed by atoms with Gasteiger partial charge in [-0.15, -0.1) is 11.3 Å². The van der Waals surface area contributed by atoms with Crippen LogP contribution in [0.2, 0.25) is 0 Å². The first-order valence-corrected chi connectivity index (χ1v) is 7.74. The van der Waals surface area contributed by atoms with Crippen LogP contribution in [-0.4, -0.2) is 11.5 Å². The Labute approximate surface area is 125 Å². The molecular formula is C15H15F3N2S. The zero-order valence-corrected chi connectivity index (χ0v) is 12.1. The van der Waals surface area contributed by atoms with Crippen molar-refractivity contribution in [1.29, 1.82) is 0 Å². The van der Waals surface area contributed by atoms with Gasteiger partial charge in [0.15, 0.2) is 0 Å². The van der Waals surface area contributed by atoms with Crippen LogP contribution in [0.15, 0.2) is 29.6 Å². The van der Waals surface area contributed by atoms with E-state index in [0.29, 0.717) is 18.0 Å². The van der Waals surface area contributed by atoms with Gasteiger partial charge in [-0.2, -0.15) is 13.2 Å². The maximum atomic E-state index is 12.7. The third kappa shape index (κ3) is 3.44. The molecular weight excluding hydrogens is 297 g/mol. The van der Waals surface area contributed by atoms with Crippen molar-refractivity contribution in [1.82, 2.24) is 10.3 Å². The van der Waals surface area contributed by atoms with Crippen LogP contribution in [0.25, 0.3) is 0 Å². The monoisotopic (exact) mass is 312 g/mol. The van der Waals surface area contributed by atoms with E-state index < -0.39 is 11.7 Å². The molecule has 0 aliphatic carbocycles. The van der Waals surface area contributed by atoms with E-state index in [1.54, 1.807) is 6.07 Å². The smallest absolute Gasteiger partial charge is 0.309 e. The summed E-state index contributed by atoms with van der Waals surface area (Å²) in [5.41, 5.74) is 1.05. The molecule has 0 saturated carbocycles.